The van der Waals surface area contributed by atoms with Crippen molar-refractivity contribution in [3.8, 4) is 5.75 Å². The predicted octanol–water partition coefficient (Wildman–Crippen LogP) is 2.40. The number of benzene rings is 1. The van der Waals surface area contributed by atoms with Crippen molar-refractivity contribution in [2.45, 2.75) is 19.4 Å². The van der Waals surface area contributed by atoms with Crippen molar-refractivity contribution in [3.05, 3.63) is 29.3 Å². The number of esters is 1. The first-order valence-electron chi connectivity index (χ1n) is 5.37. The summed E-state index contributed by atoms with van der Waals surface area (Å²) in [5, 5.41) is 0. The quantitative estimate of drug-likeness (QED) is 0.485. The number of aryl methyl sites for hydroxylation is 1. The molecule has 0 saturated carbocycles. The van der Waals surface area contributed by atoms with Crippen molar-refractivity contribution in [1.82, 2.24) is 0 Å². The molecule has 0 heterocycles. The Hall–Kier alpha value is -1.77. The zero-order chi connectivity index (χ0) is 15.6. The van der Waals surface area contributed by atoms with Gasteiger partial charge in [0.1, 0.15) is 5.75 Å². The number of hydrogen-bond donors (Lipinski definition) is 0. The maximum absolute atomic E-state index is 12.1. The van der Waals surface area contributed by atoms with Gasteiger partial charge in [-0.25, -0.2) is 4.79 Å². The Bertz CT molecular complexity index is 607. The van der Waals surface area contributed by atoms with Gasteiger partial charge in [0.25, 0.3) is 0 Å². The zero-order valence-corrected chi connectivity index (χ0v) is 11.3. The topological polar surface area (TPSA) is 69.7 Å². The van der Waals surface area contributed by atoms with E-state index >= 15 is 0 Å². The minimum Gasteiger partial charge on any atom is -0.462 e. The molecule has 0 unspecified atom stereocenters. The van der Waals surface area contributed by atoms with Gasteiger partial charge in [-0.3, -0.25) is 0 Å². The van der Waals surface area contributed by atoms with Crippen molar-refractivity contribution in [1.29, 1.82) is 0 Å². The third-order valence-corrected chi connectivity index (χ3v) is 3.16. The lowest BCUT2D eigenvalue weighted by Crippen LogP contribution is -2.28. The van der Waals surface area contributed by atoms with Gasteiger partial charge in [0.2, 0.25) is 0 Å². The van der Waals surface area contributed by atoms with Gasteiger partial charge >= 0.3 is 21.6 Å². The minimum absolute atomic E-state index is 0.114. The highest BCUT2D eigenvalue weighted by atomic mass is 32.2. The van der Waals surface area contributed by atoms with Crippen LogP contribution in [0.1, 0.15) is 22.8 Å². The Kier molecular flexibility index (Phi) is 4.64. The zero-order valence-electron chi connectivity index (χ0n) is 10.5. The van der Waals surface area contributed by atoms with Crippen LogP contribution in [0.15, 0.2) is 18.2 Å². The monoisotopic (exact) mass is 312 g/mol. The van der Waals surface area contributed by atoms with Gasteiger partial charge in [0, 0.05) is 0 Å². The van der Waals surface area contributed by atoms with E-state index in [-0.39, 0.29) is 17.7 Å². The molecular weight excluding hydrogens is 301 g/mol. The molecule has 0 fully saturated rings. The number of rotatable bonds is 4. The Balaban J connectivity index is 3.03. The molecule has 0 amide bonds. The number of carbonyl (C=O) groups excluding carboxylic acids is 1. The molecule has 0 bridgehead atoms. The van der Waals surface area contributed by atoms with Gasteiger partial charge in [-0.15, -0.1) is 0 Å². The lowest BCUT2D eigenvalue weighted by molar-refractivity contribution is -0.0500. The molecule has 1 aromatic carbocycles. The van der Waals surface area contributed by atoms with E-state index in [4.69, 9.17) is 4.74 Å². The number of carbonyl (C=O) groups is 1. The third-order valence-electron chi connectivity index (χ3n) is 2.18. The van der Waals surface area contributed by atoms with Crippen LogP contribution >= 0.6 is 0 Å². The fraction of sp³-hybridized carbons (Fsp3) is 0.364. The third kappa shape index (κ3) is 3.62. The van der Waals surface area contributed by atoms with Gasteiger partial charge in [-0.1, -0.05) is 0 Å². The second-order valence-electron chi connectivity index (χ2n) is 3.68. The summed E-state index contributed by atoms with van der Waals surface area (Å²) in [6.07, 6.45) is 0. The van der Waals surface area contributed by atoms with E-state index in [1.165, 1.54) is 6.92 Å². The highest BCUT2D eigenvalue weighted by Gasteiger charge is 2.48. The Morgan fingerprint density at radius 2 is 1.90 bits per heavy atom. The normalized spacial score (nSPS) is 12.1. The second kappa shape index (κ2) is 5.70. The lowest BCUT2D eigenvalue weighted by Gasteiger charge is -2.11. The molecule has 0 atom stereocenters. The summed E-state index contributed by atoms with van der Waals surface area (Å²) >= 11 is 0. The van der Waals surface area contributed by atoms with Crippen LogP contribution in [0.5, 0.6) is 5.75 Å². The molecule has 0 radical (unpaired) electrons. The van der Waals surface area contributed by atoms with Crippen LogP contribution < -0.4 is 4.18 Å². The molecule has 0 aromatic heterocycles. The molecule has 1 rings (SSSR count). The van der Waals surface area contributed by atoms with Crippen LogP contribution in [0.3, 0.4) is 0 Å². The second-order valence-corrected chi connectivity index (χ2v) is 5.22. The van der Waals surface area contributed by atoms with Crippen LogP contribution in [0, 0.1) is 6.92 Å². The molecule has 0 aliphatic rings. The van der Waals surface area contributed by atoms with E-state index in [9.17, 15) is 26.4 Å². The van der Waals surface area contributed by atoms with Gasteiger partial charge in [0.05, 0.1) is 12.2 Å². The lowest BCUT2D eigenvalue weighted by atomic mass is 10.1. The van der Waals surface area contributed by atoms with Crippen LogP contribution in [-0.2, 0) is 14.9 Å². The van der Waals surface area contributed by atoms with Gasteiger partial charge in [-0.05, 0) is 37.6 Å². The Morgan fingerprint density at radius 3 is 2.35 bits per heavy atom. The van der Waals surface area contributed by atoms with E-state index in [1.54, 1.807) is 6.92 Å². The summed E-state index contributed by atoms with van der Waals surface area (Å²) in [5.74, 6) is -1.19. The van der Waals surface area contributed by atoms with Crippen molar-refractivity contribution in [2.24, 2.45) is 0 Å². The van der Waals surface area contributed by atoms with E-state index in [0.717, 1.165) is 18.2 Å². The molecular formula is C11H11F3O5S. The minimum atomic E-state index is -5.73. The largest absolute Gasteiger partial charge is 0.534 e. The predicted molar refractivity (Wildman–Crippen MR) is 62.7 cm³/mol. The highest BCUT2D eigenvalue weighted by Crippen LogP contribution is 2.28. The van der Waals surface area contributed by atoms with E-state index < -0.39 is 27.3 Å². The van der Waals surface area contributed by atoms with E-state index in [1.807, 2.05) is 0 Å². The Morgan fingerprint density at radius 1 is 1.30 bits per heavy atom. The first-order valence-corrected chi connectivity index (χ1v) is 6.78. The molecule has 0 spiro atoms. The smallest absolute Gasteiger partial charge is 0.462 e. The van der Waals surface area contributed by atoms with Crippen molar-refractivity contribution in [3.63, 3.8) is 0 Å². The van der Waals surface area contributed by atoms with Gasteiger partial charge in [-0.2, -0.15) is 21.6 Å². The van der Waals surface area contributed by atoms with Crippen LogP contribution in [-0.4, -0.2) is 26.5 Å². The maximum Gasteiger partial charge on any atom is 0.534 e. The average molecular weight is 312 g/mol. The SMILES string of the molecule is CCOC(=O)c1ccc(OS(=O)(=O)C(F)(F)F)cc1C. The molecule has 112 valence electrons. The van der Waals surface area contributed by atoms with Crippen LogP contribution in [0.25, 0.3) is 0 Å². The maximum atomic E-state index is 12.1. The number of ether oxygens (including phenoxy) is 1. The van der Waals surface area contributed by atoms with Crippen LogP contribution in [0.2, 0.25) is 0 Å². The van der Waals surface area contributed by atoms with Crippen molar-refractivity contribution < 1.29 is 35.3 Å². The number of alkyl halides is 3. The fourth-order valence-corrected chi connectivity index (χ4v) is 1.75. The number of hydrogen-bond acceptors (Lipinski definition) is 5. The highest BCUT2D eigenvalue weighted by molar-refractivity contribution is 7.87. The summed E-state index contributed by atoms with van der Waals surface area (Å²) in [5.41, 5.74) is -5.16. The van der Waals surface area contributed by atoms with Gasteiger partial charge < -0.3 is 8.92 Å². The number of halogens is 3. The Labute approximate surface area is 113 Å². The molecule has 9 heteroatoms. The molecule has 20 heavy (non-hydrogen) atoms. The molecule has 1 aromatic rings. The summed E-state index contributed by atoms with van der Waals surface area (Å²) in [6, 6.07) is 3.09. The van der Waals surface area contributed by atoms with E-state index in [0.29, 0.717) is 0 Å². The molecule has 5 nitrogen and oxygen atoms in total. The molecule has 0 aliphatic carbocycles. The summed E-state index contributed by atoms with van der Waals surface area (Å²) < 4.78 is 66.7. The standard InChI is InChI=1S/C11H11F3O5S/c1-3-18-10(15)9-5-4-8(6-7(9)2)19-20(16,17)11(12,13)14/h4-6H,3H2,1-2H3. The molecule has 0 N–H and O–H groups in total. The van der Waals surface area contributed by atoms with Gasteiger partial charge in [0.15, 0.2) is 0 Å². The van der Waals surface area contributed by atoms with Crippen molar-refractivity contribution in [2.75, 3.05) is 6.61 Å². The molecule has 0 aliphatic heterocycles. The first-order chi connectivity index (χ1) is 9.08. The first kappa shape index (κ1) is 16.3. The van der Waals surface area contributed by atoms with E-state index in [2.05, 4.69) is 4.18 Å². The fourth-order valence-electron chi connectivity index (χ4n) is 1.30. The average Bonchev–Trinajstić information content (AvgIpc) is 2.27. The summed E-state index contributed by atoms with van der Waals surface area (Å²) in [4.78, 5) is 11.5. The molecule has 0 saturated heterocycles. The van der Waals surface area contributed by atoms with Crippen molar-refractivity contribution >= 4 is 16.1 Å². The summed E-state index contributed by atoms with van der Waals surface area (Å²) in [6.45, 7) is 3.15. The summed E-state index contributed by atoms with van der Waals surface area (Å²) in [7, 11) is -5.73. The van der Waals surface area contributed by atoms with Crippen LogP contribution in [0.4, 0.5) is 13.2 Å².